The van der Waals surface area contributed by atoms with Crippen molar-refractivity contribution in [1.29, 1.82) is 0 Å². The Morgan fingerprint density at radius 2 is 1.95 bits per heavy atom. The van der Waals surface area contributed by atoms with E-state index in [-0.39, 0.29) is 10.6 Å². The lowest BCUT2D eigenvalue weighted by atomic mass is 10.0. The van der Waals surface area contributed by atoms with E-state index in [1.165, 1.54) is 12.8 Å². The third-order valence-electron chi connectivity index (χ3n) is 3.23. The highest BCUT2D eigenvalue weighted by Gasteiger charge is 2.11. The number of hydrogen-bond donors (Lipinski definition) is 1. The van der Waals surface area contributed by atoms with E-state index in [1.807, 2.05) is 6.07 Å². The Balaban J connectivity index is 2.53. The van der Waals surface area contributed by atoms with Crippen molar-refractivity contribution in [3.05, 3.63) is 33.9 Å². The van der Waals surface area contributed by atoms with Gasteiger partial charge in [0.15, 0.2) is 0 Å². The van der Waals surface area contributed by atoms with E-state index in [9.17, 15) is 10.1 Å². The number of nitro benzene ring substituents is 1. The lowest BCUT2D eigenvalue weighted by Crippen LogP contribution is -2.15. The molecule has 1 aromatic carbocycles. The van der Waals surface area contributed by atoms with Crippen molar-refractivity contribution in [2.45, 2.75) is 53.0 Å². The molecule has 0 radical (unpaired) electrons. The van der Waals surface area contributed by atoms with Gasteiger partial charge in [0.05, 0.1) is 4.92 Å². The first-order chi connectivity index (χ1) is 8.90. The van der Waals surface area contributed by atoms with Crippen molar-refractivity contribution < 1.29 is 4.92 Å². The summed E-state index contributed by atoms with van der Waals surface area (Å²) >= 11 is 0. The molecule has 4 nitrogen and oxygen atoms in total. The SMILES string of the molecule is Cc1cc(NC(C)CCCC(C)C)ccc1[N+](=O)[O-]. The summed E-state index contributed by atoms with van der Waals surface area (Å²) in [7, 11) is 0. The summed E-state index contributed by atoms with van der Waals surface area (Å²) in [6.45, 7) is 8.39. The Hall–Kier alpha value is -1.58. The number of aryl methyl sites for hydroxylation is 1. The first-order valence-electron chi connectivity index (χ1n) is 6.91. The number of rotatable bonds is 7. The minimum absolute atomic E-state index is 0.179. The molecule has 106 valence electrons. The van der Waals surface area contributed by atoms with Crippen LogP contribution in [-0.4, -0.2) is 11.0 Å². The van der Waals surface area contributed by atoms with Gasteiger partial charge in [0.1, 0.15) is 0 Å². The summed E-state index contributed by atoms with van der Waals surface area (Å²) in [4.78, 5) is 10.4. The molecule has 0 saturated heterocycles. The molecule has 4 heteroatoms. The van der Waals surface area contributed by atoms with Crippen LogP contribution in [0.25, 0.3) is 0 Å². The number of nitro groups is 1. The number of nitrogens with one attached hydrogen (secondary N) is 1. The van der Waals surface area contributed by atoms with Crippen LogP contribution >= 0.6 is 0 Å². The fourth-order valence-electron chi connectivity index (χ4n) is 2.14. The zero-order valence-electron chi connectivity index (χ0n) is 12.3. The molecule has 0 fully saturated rings. The van der Waals surface area contributed by atoms with Crippen molar-refractivity contribution in [2.75, 3.05) is 5.32 Å². The average molecular weight is 264 g/mol. The van der Waals surface area contributed by atoms with Gasteiger partial charge >= 0.3 is 0 Å². The topological polar surface area (TPSA) is 55.2 Å². The van der Waals surface area contributed by atoms with Gasteiger partial charge < -0.3 is 5.32 Å². The van der Waals surface area contributed by atoms with Crippen molar-refractivity contribution in [3.63, 3.8) is 0 Å². The molecule has 0 heterocycles. The molecular weight excluding hydrogens is 240 g/mol. The third kappa shape index (κ3) is 5.28. The Bertz CT molecular complexity index is 430. The molecule has 1 rings (SSSR count). The zero-order chi connectivity index (χ0) is 14.4. The Morgan fingerprint density at radius 3 is 2.47 bits per heavy atom. The van der Waals surface area contributed by atoms with E-state index in [0.717, 1.165) is 18.0 Å². The van der Waals surface area contributed by atoms with Crippen molar-refractivity contribution in [2.24, 2.45) is 5.92 Å². The summed E-state index contributed by atoms with van der Waals surface area (Å²) in [6.07, 6.45) is 3.57. The third-order valence-corrected chi connectivity index (χ3v) is 3.23. The van der Waals surface area contributed by atoms with Gasteiger partial charge in [0, 0.05) is 23.4 Å². The van der Waals surface area contributed by atoms with Crippen molar-refractivity contribution >= 4 is 11.4 Å². The van der Waals surface area contributed by atoms with E-state index in [0.29, 0.717) is 11.6 Å². The second kappa shape index (κ2) is 7.12. The Labute approximate surface area is 115 Å². The van der Waals surface area contributed by atoms with E-state index < -0.39 is 0 Å². The van der Waals surface area contributed by atoms with Gasteiger partial charge in [0.25, 0.3) is 5.69 Å². The largest absolute Gasteiger partial charge is 0.383 e. The first-order valence-corrected chi connectivity index (χ1v) is 6.91. The molecule has 0 amide bonds. The Kier molecular flexibility index (Phi) is 5.80. The number of anilines is 1. The van der Waals surface area contributed by atoms with E-state index in [2.05, 4.69) is 26.1 Å². The van der Waals surface area contributed by atoms with Gasteiger partial charge in [-0.3, -0.25) is 10.1 Å². The monoisotopic (exact) mass is 264 g/mol. The summed E-state index contributed by atoms with van der Waals surface area (Å²) in [5.41, 5.74) is 1.84. The van der Waals surface area contributed by atoms with Crippen LogP contribution in [0.5, 0.6) is 0 Å². The molecule has 0 spiro atoms. The summed E-state index contributed by atoms with van der Waals surface area (Å²) in [5, 5.41) is 14.1. The van der Waals surface area contributed by atoms with Crippen LogP contribution in [0.4, 0.5) is 11.4 Å². The fraction of sp³-hybridized carbons (Fsp3) is 0.600. The highest BCUT2D eigenvalue weighted by Crippen LogP contribution is 2.22. The minimum Gasteiger partial charge on any atom is -0.383 e. The van der Waals surface area contributed by atoms with Gasteiger partial charge in [0.2, 0.25) is 0 Å². The van der Waals surface area contributed by atoms with E-state index >= 15 is 0 Å². The maximum Gasteiger partial charge on any atom is 0.272 e. The highest BCUT2D eigenvalue weighted by molar-refractivity contribution is 5.53. The van der Waals surface area contributed by atoms with Gasteiger partial charge in [-0.05, 0) is 38.3 Å². The number of benzene rings is 1. The van der Waals surface area contributed by atoms with E-state index in [1.54, 1.807) is 19.1 Å². The molecular formula is C15H24N2O2. The van der Waals surface area contributed by atoms with Crippen LogP contribution < -0.4 is 5.32 Å². The molecule has 1 aromatic rings. The second-order valence-electron chi connectivity index (χ2n) is 5.63. The molecule has 0 saturated carbocycles. The molecule has 0 aliphatic carbocycles. The minimum atomic E-state index is -0.342. The van der Waals surface area contributed by atoms with Gasteiger partial charge in [-0.15, -0.1) is 0 Å². The van der Waals surface area contributed by atoms with Crippen LogP contribution in [0.3, 0.4) is 0 Å². The predicted molar refractivity (Wildman–Crippen MR) is 79.6 cm³/mol. The normalized spacial score (nSPS) is 12.5. The lowest BCUT2D eigenvalue weighted by Gasteiger charge is -2.16. The molecule has 1 unspecified atom stereocenters. The quantitative estimate of drug-likeness (QED) is 0.581. The number of nitrogens with zero attached hydrogens (tertiary/aromatic N) is 1. The predicted octanol–water partition coefficient (Wildman–Crippen LogP) is 4.53. The standard InChI is InChI=1S/C15H24N2O2/c1-11(2)6-5-7-13(4)16-14-8-9-15(17(18)19)12(3)10-14/h8-11,13,16H,5-7H2,1-4H3. The summed E-state index contributed by atoms with van der Waals surface area (Å²) in [5.74, 6) is 0.744. The van der Waals surface area contributed by atoms with Gasteiger partial charge in [-0.25, -0.2) is 0 Å². The molecule has 0 bridgehead atoms. The van der Waals surface area contributed by atoms with Gasteiger partial charge in [-0.1, -0.05) is 26.7 Å². The van der Waals surface area contributed by atoms with Crippen LogP contribution in [0.2, 0.25) is 0 Å². The van der Waals surface area contributed by atoms with Crippen LogP contribution in [-0.2, 0) is 0 Å². The van der Waals surface area contributed by atoms with Crippen molar-refractivity contribution in [1.82, 2.24) is 0 Å². The highest BCUT2D eigenvalue weighted by atomic mass is 16.6. The van der Waals surface area contributed by atoms with Crippen LogP contribution in [0, 0.1) is 23.0 Å². The average Bonchev–Trinajstić information content (AvgIpc) is 2.27. The fourth-order valence-corrected chi connectivity index (χ4v) is 2.14. The number of hydrogen-bond acceptors (Lipinski definition) is 3. The molecule has 0 aromatic heterocycles. The molecule has 0 aliphatic heterocycles. The van der Waals surface area contributed by atoms with Crippen LogP contribution in [0.15, 0.2) is 18.2 Å². The zero-order valence-corrected chi connectivity index (χ0v) is 12.3. The lowest BCUT2D eigenvalue weighted by molar-refractivity contribution is -0.385. The second-order valence-corrected chi connectivity index (χ2v) is 5.63. The molecule has 1 atom stereocenters. The molecule has 0 aliphatic rings. The maximum absolute atomic E-state index is 10.7. The maximum atomic E-state index is 10.7. The Morgan fingerprint density at radius 1 is 1.26 bits per heavy atom. The molecule has 1 N–H and O–H groups in total. The molecule has 19 heavy (non-hydrogen) atoms. The summed E-state index contributed by atoms with van der Waals surface area (Å²) in [6, 6.07) is 5.58. The van der Waals surface area contributed by atoms with E-state index in [4.69, 9.17) is 0 Å². The van der Waals surface area contributed by atoms with Crippen molar-refractivity contribution in [3.8, 4) is 0 Å². The van der Waals surface area contributed by atoms with Gasteiger partial charge in [-0.2, -0.15) is 0 Å². The van der Waals surface area contributed by atoms with Crippen LogP contribution in [0.1, 0.15) is 45.6 Å². The smallest absolute Gasteiger partial charge is 0.272 e. The first kappa shape index (κ1) is 15.5. The summed E-state index contributed by atoms with van der Waals surface area (Å²) < 4.78 is 0.